The highest BCUT2D eigenvalue weighted by Crippen LogP contribution is 2.28. The molecule has 18 heavy (non-hydrogen) atoms. The van der Waals surface area contributed by atoms with Crippen LogP contribution in [0.5, 0.6) is 0 Å². The standard InChI is InChI=1S/C15H30N2O/c1-3-15(2,11-16-14-4-5-14)12-17-8-6-13(10-17)7-9-18/h13-14,16,18H,3-12H2,1-2H3. The Bertz CT molecular complexity index is 255. The molecular formula is C15H30N2O. The van der Waals surface area contributed by atoms with Crippen LogP contribution in [-0.4, -0.2) is 48.8 Å². The van der Waals surface area contributed by atoms with E-state index >= 15 is 0 Å². The van der Waals surface area contributed by atoms with Crippen molar-refractivity contribution in [1.82, 2.24) is 10.2 Å². The lowest BCUT2D eigenvalue weighted by molar-refractivity contribution is 0.171. The molecule has 1 aliphatic heterocycles. The molecule has 0 aromatic rings. The Morgan fingerprint density at radius 2 is 2.11 bits per heavy atom. The highest BCUT2D eigenvalue weighted by molar-refractivity contribution is 4.88. The molecule has 2 unspecified atom stereocenters. The predicted octanol–water partition coefficient (Wildman–Crippen LogP) is 1.86. The maximum atomic E-state index is 9.02. The molecule has 0 aromatic carbocycles. The van der Waals surface area contributed by atoms with Crippen LogP contribution in [0.3, 0.4) is 0 Å². The lowest BCUT2D eigenvalue weighted by Crippen LogP contribution is -2.42. The molecule has 2 rings (SSSR count). The van der Waals surface area contributed by atoms with Crippen LogP contribution in [0.1, 0.15) is 46.0 Å². The van der Waals surface area contributed by atoms with Crippen LogP contribution < -0.4 is 5.32 Å². The predicted molar refractivity (Wildman–Crippen MR) is 75.7 cm³/mol. The number of nitrogens with one attached hydrogen (secondary N) is 1. The Morgan fingerprint density at radius 3 is 2.72 bits per heavy atom. The van der Waals surface area contributed by atoms with Crippen molar-refractivity contribution in [2.24, 2.45) is 11.3 Å². The van der Waals surface area contributed by atoms with E-state index in [2.05, 4.69) is 24.1 Å². The summed E-state index contributed by atoms with van der Waals surface area (Å²) in [6.07, 6.45) is 6.26. The lowest BCUT2D eigenvalue weighted by atomic mass is 9.86. The second-order valence-electron chi connectivity index (χ2n) is 6.72. The molecule has 0 radical (unpaired) electrons. The van der Waals surface area contributed by atoms with Gasteiger partial charge in [-0.15, -0.1) is 0 Å². The van der Waals surface area contributed by atoms with Gasteiger partial charge in [0.1, 0.15) is 0 Å². The van der Waals surface area contributed by atoms with Crippen molar-refractivity contribution in [3.8, 4) is 0 Å². The van der Waals surface area contributed by atoms with Gasteiger partial charge in [0.25, 0.3) is 0 Å². The Balaban J connectivity index is 1.74. The van der Waals surface area contributed by atoms with Gasteiger partial charge in [0.2, 0.25) is 0 Å². The topological polar surface area (TPSA) is 35.5 Å². The zero-order valence-electron chi connectivity index (χ0n) is 12.1. The minimum absolute atomic E-state index is 0.354. The van der Waals surface area contributed by atoms with E-state index < -0.39 is 0 Å². The second-order valence-corrected chi connectivity index (χ2v) is 6.72. The highest BCUT2D eigenvalue weighted by Gasteiger charge is 2.31. The van der Waals surface area contributed by atoms with Crippen molar-refractivity contribution >= 4 is 0 Å². The van der Waals surface area contributed by atoms with E-state index in [1.807, 2.05) is 0 Å². The number of aliphatic hydroxyl groups is 1. The molecule has 2 aliphatic rings. The molecule has 2 N–H and O–H groups in total. The third kappa shape index (κ3) is 4.22. The van der Waals surface area contributed by atoms with E-state index in [0.29, 0.717) is 12.0 Å². The van der Waals surface area contributed by atoms with Gasteiger partial charge in [0, 0.05) is 32.3 Å². The van der Waals surface area contributed by atoms with Crippen LogP contribution in [0.15, 0.2) is 0 Å². The van der Waals surface area contributed by atoms with E-state index in [1.54, 1.807) is 0 Å². The third-order valence-corrected chi connectivity index (χ3v) is 4.76. The maximum Gasteiger partial charge on any atom is 0.0434 e. The van der Waals surface area contributed by atoms with Gasteiger partial charge in [0.15, 0.2) is 0 Å². The van der Waals surface area contributed by atoms with Crippen LogP contribution in [0.4, 0.5) is 0 Å². The summed E-state index contributed by atoms with van der Waals surface area (Å²) < 4.78 is 0. The van der Waals surface area contributed by atoms with E-state index in [4.69, 9.17) is 5.11 Å². The quantitative estimate of drug-likeness (QED) is 0.694. The second kappa shape index (κ2) is 6.36. The zero-order chi connectivity index (χ0) is 13.0. The number of rotatable bonds is 8. The number of hydrogen-bond donors (Lipinski definition) is 2. The van der Waals surface area contributed by atoms with Crippen molar-refractivity contribution in [3.63, 3.8) is 0 Å². The fourth-order valence-electron chi connectivity index (χ4n) is 2.99. The Labute approximate surface area is 112 Å². The van der Waals surface area contributed by atoms with Gasteiger partial charge in [0.05, 0.1) is 0 Å². The highest BCUT2D eigenvalue weighted by atomic mass is 16.3. The molecule has 1 saturated carbocycles. The molecule has 2 fully saturated rings. The van der Waals surface area contributed by atoms with Gasteiger partial charge in [-0.3, -0.25) is 0 Å². The molecule has 2 atom stereocenters. The number of aliphatic hydroxyl groups excluding tert-OH is 1. The van der Waals surface area contributed by atoms with E-state index in [0.717, 1.165) is 24.9 Å². The fourth-order valence-corrected chi connectivity index (χ4v) is 2.99. The van der Waals surface area contributed by atoms with Crippen molar-refractivity contribution in [2.75, 3.05) is 32.8 Å². The van der Waals surface area contributed by atoms with Crippen LogP contribution in [0.25, 0.3) is 0 Å². The zero-order valence-corrected chi connectivity index (χ0v) is 12.1. The Kier molecular flexibility index (Phi) is 5.05. The average Bonchev–Trinajstić information content (AvgIpc) is 3.10. The molecule has 106 valence electrons. The number of hydrogen-bond acceptors (Lipinski definition) is 3. The van der Waals surface area contributed by atoms with Crippen LogP contribution in [-0.2, 0) is 0 Å². The van der Waals surface area contributed by atoms with Crippen molar-refractivity contribution in [1.29, 1.82) is 0 Å². The van der Waals surface area contributed by atoms with Crippen molar-refractivity contribution in [2.45, 2.75) is 52.0 Å². The number of nitrogens with zero attached hydrogens (tertiary/aromatic N) is 1. The summed E-state index contributed by atoms with van der Waals surface area (Å²) in [6, 6.07) is 0.816. The molecule has 0 amide bonds. The van der Waals surface area contributed by atoms with E-state index in [9.17, 15) is 0 Å². The molecule has 0 aromatic heterocycles. The summed E-state index contributed by atoms with van der Waals surface area (Å²) in [5.41, 5.74) is 0.413. The third-order valence-electron chi connectivity index (χ3n) is 4.76. The normalized spacial score (nSPS) is 28.5. The van der Waals surface area contributed by atoms with Crippen LogP contribution in [0.2, 0.25) is 0 Å². The van der Waals surface area contributed by atoms with Gasteiger partial charge in [-0.2, -0.15) is 0 Å². The Hall–Kier alpha value is -0.120. The van der Waals surface area contributed by atoms with Crippen molar-refractivity contribution in [3.05, 3.63) is 0 Å². The minimum Gasteiger partial charge on any atom is -0.396 e. The summed E-state index contributed by atoms with van der Waals surface area (Å²) in [5.74, 6) is 0.729. The first-order valence-electron chi connectivity index (χ1n) is 7.72. The number of likely N-dealkylation sites (tertiary alicyclic amines) is 1. The molecule has 1 heterocycles. The molecule has 1 aliphatic carbocycles. The van der Waals surface area contributed by atoms with Crippen LogP contribution in [0, 0.1) is 11.3 Å². The smallest absolute Gasteiger partial charge is 0.0434 e. The minimum atomic E-state index is 0.354. The van der Waals surface area contributed by atoms with E-state index in [-0.39, 0.29) is 0 Å². The van der Waals surface area contributed by atoms with Gasteiger partial charge < -0.3 is 15.3 Å². The first-order valence-corrected chi connectivity index (χ1v) is 7.72. The first-order chi connectivity index (χ1) is 8.65. The molecule has 1 saturated heterocycles. The molecule has 0 spiro atoms. The lowest BCUT2D eigenvalue weighted by Gasteiger charge is -2.33. The molecule has 3 nitrogen and oxygen atoms in total. The van der Waals surface area contributed by atoms with Gasteiger partial charge in [-0.25, -0.2) is 0 Å². The summed E-state index contributed by atoms with van der Waals surface area (Å²) >= 11 is 0. The fraction of sp³-hybridized carbons (Fsp3) is 1.00. The summed E-state index contributed by atoms with van der Waals surface area (Å²) in [4.78, 5) is 2.61. The van der Waals surface area contributed by atoms with E-state index in [1.165, 1.54) is 45.3 Å². The monoisotopic (exact) mass is 254 g/mol. The van der Waals surface area contributed by atoms with Crippen LogP contribution >= 0.6 is 0 Å². The van der Waals surface area contributed by atoms with Gasteiger partial charge in [-0.1, -0.05) is 13.8 Å². The van der Waals surface area contributed by atoms with Crippen molar-refractivity contribution < 1.29 is 5.11 Å². The summed E-state index contributed by atoms with van der Waals surface area (Å²) in [5, 5.41) is 12.7. The molecule has 0 bridgehead atoms. The maximum absolute atomic E-state index is 9.02. The largest absolute Gasteiger partial charge is 0.396 e. The first kappa shape index (κ1) is 14.3. The van der Waals surface area contributed by atoms with Gasteiger partial charge in [-0.05, 0) is 50.0 Å². The average molecular weight is 254 g/mol. The summed E-state index contributed by atoms with van der Waals surface area (Å²) in [7, 11) is 0. The SMILES string of the molecule is CCC(C)(CNC1CC1)CN1CCC(CCO)C1. The summed E-state index contributed by atoms with van der Waals surface area (Å²) in [6.45, 7) is 9.88. The van der Waals surface area contributed by atoms with Gasteiger partial charge >= 0.3 is 0 Å². The molecule has 3 heteroatoms. The molecular weight excluding hydrogens is 224 g/mol. The Morgan fingerprint density at radius 1 is 1.33 bits per heavy atom.